The zero-order chi connectivity index (χ0) is 16.8. The van der Waals surface area contributed by atoms with E-state index in [1.54, 1.807) is 0 Å². The molecule has 23 heavy (non-hydrogen) atoms. The highest BCUT2D eigenvalue weighted by Crippen LogP contribution is 2.34. The maximum absolute atomic E-state index is 13.9. The molecule has 0 N–H and O–H groups in total. The first-order valence-corrected chi connectivity index (χ1v) is 8.49. The highest BCUT2D eigenvalue weighted by Gasteiger charge is 2.24. The molecule has 8 heteroatoms. The van der Waals surface area contributed by atoms with Crippen molar-refractivity contribution >= 4 is 43.9 Å². The van der Waals surface area contributed by atoms with Gasteiger partial charge in [-0.05, 0) is 30.3 Å². The number of nitrogens with zero attached hydrogens (tertiary/aromatic N) is 1. The fourth-order valence-electron chi connectivity index (χ4n) is 2.10. The van der Waals surface area contributed by atoms with Crippen LogP contribution in [-0.4, -0.2) is 13.4 Å². The van der Waals surface area contributed by atoms with Crippen molar-refractivity contribution in [3.05, 3.63) is 64.3 Å². The lowest BCUT2D eigenvalue weighted by Gasteiger charge is -2.09. The van der Waals surface area contributed by atoms with Crippen LogP contribution in [-0.2, 0) is 9.84 Å². The fraction of sp³-hybridized carbons (Fsp3) is 0. The van der Waals surface area contributed by atoms with Crippen LogP contribution in [0.15, 0.2) is 52.4 Å². The fourth-order valence-corrected chi connectivity index (χ4v) is 4.08. The van der Waals surface area contributed by atoms with E-state index in [4.69, 9.17) is 23.2 Å². The molecule has 0 amide bonds. The Labute approximate surface area is 140 Å². The lowest BCUT2D eigenvalue weighted by molar-refractivity contribution is 0.590. The number of hydrogen-bond acceptors (Lipinski definition) is 3. The summed E-state index contributed by atoms with van der Waals surface area (Å²) in [5.41, 5.74) is -0.138. The van der Waals surface area contributed by atoms with Crippen molar-refractivity contribution in [1.82, 2.24) is 4.98 Å². The van der Waals surface area contributed by atoms with Gasteiger partial charge in [0.1, 0.15) is 16.2 Å². The molecular weight excluding hydrogens is 367 g/mol. The molecule has 0 saturated carbocycles. The van der Waals surface area contributed by atoms with Crippen LogP contribution in [0.3, 0.4) is 0 Å². The van der Waals surface area contributed by atoms with E-state index in [1.165, 1.54) is 24.3 Å². The largest absolute Gasteiger partial charge is 0.252 e. The van der Waals surface area contributed by atoms with Gasteiger partial charge in [0.25, 0.3) is 0 Å². The molecule has 0 aliphatic heterocycles. The van der Waals surface area contributed by atoms with E-state index >= 15 is 0 Å². The Hall–Kier alpha value is -1.76. The molecule has 0 radical (unpaired) electrons. The van der Waals surface area contributed by atoms with E-state index in [2.05, 4.69) is 4.98 Å². The number of aromatic nitrogens is 1. The SMILES string of the molecule is O=S(=O)(c1cccc(F)c1)c1cnc2c(F)c(Cl)ccc2c1Cl. The van der Waals surface area contributed by atoms with Crippen LogP contribution in [0.25, 0.3) is 10.9 Å². The average Bonchev–Trinajstić information content (AvgIpc) is 2.51. The molecule has 2 aromatic carbocycles. The smallest absolute Gasteiger partial charge is 0.209 e. The first kappa shape index (κ1) is 16.1. The maximum Gasteiger partial charge on any atom is 0.209 e. The second kappa shape index (κ2) is 5.70. The number of rotatable bonds is 2. The van der Waals surface area contributed by atoms with Gasteiger partial charge in [-0.25, -0.2) is 17.2 Å². The first-order chi connectivity index (χ1) is 10.8. The molecule has 1 heterocycles. The molecule has 3 nitrogen and oxygen atoms in total. The van der Waals surface area contributed by atoms with E-state index in [-0.39, 0.29) is 30.7 Å². The zero-order valence-corrected chi connectivity index (χ0v) is 13.6. The number of sulfone groups is 1. The van der Waals surface area contributed by atoms with Crippen molar-refractivity contribution in [3.63, 3.8) is 0 Å². The Morgan fingerprint density at radius 1 is 1.04 bits per heavy atom. The highest BCUT2D eigenvalue weighted by atomic mass is 35.5. The first-order valence-electron chi connectivity index (χ1n) is 6.25. The Bertz CT molecular complexity index is 1040. The lowest BCUT2D eigenvalue weighted by Crippen LogP contribution is -2.05. The molecule has 0 bridgehead atoms. The summed E-state index contributed by atoms with van der Waals surface area (Å²) >= 11 is 11.8. The maximum atomic E-state index is 13.9. The molecule has 0 saturated heterocycles. The molecule has 3 rings (SSSR count). The van der Waals surface area contributed by atoms with Gasteiger partial charge in [0.2, 0.25) is 9.84 Å². The van der Waals surface area contributed by atoms with Crippen molar-refractivity contribution in [3.8, 4) is 0 Å². The molecule has 118 valence electrons. The molecule has 0 fully saturated rings. The third-order valence-electron chi connectivity index (χ3n) is 3.23. The van der Waals surface area contributed by atoms with E-state index in [0.29, 0.717) is 0 Å². The van der Waals surface area contributed by atoms with Gasteiger partial charge in [-0.15, -0.1) is 0 Å². The third-order valence-corrected chi connectivity index (χ3v) is 5.80. The van der Waals surface area contributed by atoms with E-state index < -0.39 is 21.5 Å². The van der Waals surface area contributed by atoms with Crippen LogP contribution in [0.5, 0.6) is 0 Å². The van der Waals surface area contributed by atoms with Gasteiger partial charge in [0.15, 0.2) is 5.82 Å². The summed E-state index contributed by atoms with van der Waals surface area (Å²) in [6.45, 7) is 0. The average molecular weight is 374 g/mol. The van der Waals surface area contributed by atoms with Crippen molar-refractivity contribution in [2.45, 2.75) is 9.79 Å². The summed E-state index contributed by atoms with van der Waals surface area (Å²) in [4.78, 5) is 3.20. The quantitative estimate of drug-likeness (QED) is 0.656. The monoisotopic (exact) mass is 373 g/mol. The standard InChI is InChI=1S/C15H7Cl2F2NO2S/c16-11-5-4-10-13(17)12(7-20-15(10)14(11)19)23(21,22)9-3-1-2-8(18)6-9/h1-7H. The van der Waals surface area contributed by atoms with Gasteiger partial charge in [-0.3, -0.25) is 4.98 Å². The van der Waals surface area contributed by atoms with Crippen LogP contribution in [0.4, 0.5) is 8.78 Å². The van der Waals surface area contributed by atoms with Crippen LogP contribution in [0, 0.1) is 11.6 Å². The molecule has 0 aliphatic rings. The van der Waals surface area contributed by atoms with E-state index in [9.17, 15) is 17.2 Å². The molecule has 0 unspecified atom stereocenters. The number of hydrogen-bond donors (Lipinski definition) is 0. The molecule has 0 atom stereocenters. The topological polar surface area (TPSA) is 47.0 Å². The van der Waals surface area contributed by atoms with Gasteiger partial charge < -0.3 is 0 Å². The van der Waals surface area contributed by atoms with Crippen molar-refractivity contribution in [2.24, 2.45) is 0 Å². The van der Waals surface area contributed by atoms with Crippen molar-refractivity contribution in [2.75, 3.05) is 0 Å². The summed E-state index contributed by atoms with van der Waals surface area (Å²) in [7, 11) is -4.10. The summed E-state index contributed by atoms with van der Waals surface area (Å²) in [6.07, 6.45) is 0.935. The minimum absolute atomic E-state index is 0.103. The second-order valence-corrected chi connectivity index (χ2v) is 7.36. The van der Waals surface area contributed by atoms with Crippen LogP contribution >= 0.6 is 23.2 Å². The number of benzene rings is 2. The van der Waals surface area contributed by atoms with Crippen LogP contribution < -0.4 is 0 Å². The van der Waals surface area contributed by atoms with Crippen molar-refractivity contribution in [1.29, 1.82) is 0 Å². The molecule has 0 aliphatic carbocycles. The second-order valence-electron chi connectivity index (χ2n) is 4.65. The Kier molecular flexibility index (Phi) is 4.00. The number of fused-ring (bicyclic) bond motifs is 1. The lowest BCUT2D eigenvalue weighted by atomic mass is 10.2. The van der Waals surface area contributed by atoms with Gasteiger partial charge in [-0.1, -0.05) is 29.3 Å². The highest BCUT2D eigenvalue weighted by molar-refractivity contribution is 7.91. The summed E-state index contributed by atoms with van der Waals surface area (Å²) in [5.74, 6) is -1.49. The molecular formula is C15H7Cl2F2NO2S. The molecule has 1 aromatic heterocycles. The molecule has 3 aromatic rings. The Morgan fingerprint density at radius 3 is 2.48 bits per heavy atom. The number of pyridine rings is 1. The number of halogens is 4. The minimum atomic E-state index is -4.10. The predicted molar refractivity (Wildman–Crippen MR) is 83.6 cm³/mol. The predicted octanol–water partition coefficient (Wildman–Crippen LogP) is 4.65. The summed E-state index contributed by atoms with van der Waals surface area (Å²) in [6, 6.07) is 7.13. The minimum Gasteiger partial charge on any atom is -0.252 e. The Morgan fingerprint density at radius 2 is 1.78 bits per heavy atom. The Balaban J connectivity index is 2.29. The van der Waals surface area contributed by atoms with Gasteiger partial charge in [0.05, 0.1) is 14.9 Å². The molecule has 0 spiro atoms. The third kappa shape index (κ3) is 2.67. The van der Waals surface area contributed by atoms with Crippen LogP contribution in [0.2, 0.25) is 10.0 Å². The summed E-state index contributed by atoms with van der Waals surface area (Å²) in [5, 5.41) is -0.248. The van der Waals surface area contributed by atoms with Gasteiger partial charge in [0, 0.05) is 11.6 Å². The normalized spacial score (nSPS) is 11.8. The van der Waals surface area contributed by atoms with E-state index in [0.717, 1.165) is 18.3 Å². The van der Waals surface area contributed by atoms with Crippen molar-refractivity contribution < 1.29 is 17.2 Å². The van der Waals surface area contributed by atoms with Crippen LogP contribution in [0.1, 0.15) is 0 Å². The summed E-state index contributed by atoms with van der Waals surface area (Å²) < 4.78 is 52.4. The van der Waals surface area contributed by atoms with E-state index in [1.807, 2.05) is 0 Å². The van der Waals surface area contributed by atoms with Gasteiger partial charge in [-0.2, -0.15) is 0 Å². The zero-order valence-electron chi connectivity index (χ0n) is 11.2. The van der Waals surface area contributed by atoms with Gasteiger partial charge >= 0.3 is 0 Å².